The van der Waals surface area contributed by atoms with Gasteiger partial charge in [-0.1, -0.05) is 0 Å². The fourth-order valence-electron chi connectivity index (χ4n) is 3.25. The molecule has 144 valence electrons. The number of ether oxygens (including phenoxy) is 1. The molecule has 2 aromatic heterocycles. The highest BCUT2D eigenvalue weighted by atomic mass is 16.5. The number of carbonyl (C=O) groups is 1. The third-order valence-corrected chi connectivity index (χ3v) is 4.60. The quantitative estimate of drug-likeness (QED) is 0.712. The van der Waals surface area contributed by atoms with E-state index >= 15 is 0 Å². The Balaban J connectivity index is 1.65. The molecule has 3 heterocycles. The van der Waals surface area contributed by atoms with Crippen molar-refractivity contribution in [1.82, 2.24) is 19.9 Å². The Bertz CT molecular complexity index is 844. The summed E-state index contributed by atoms with van der Waals surface area (Å²) < 4.78 is 7.29. The largest absolute Gasteiger partial charge is 0.376 e. The second-order valence-corrected chi connectivity index (χ2v) is 6.65. The average Bonchev–Trinajstić information content (AvgIpc) is 3.16. The summed E-state index contributed by atoms with van der Waals surface area (Å²) in [6.07, 6.45) is 5.26. The van der Waals surface area contributed by atoms with Crippen LogP contribution in [0.25, 0.3) is 0 Å². The van der Waals surface area contributed by atoms with Gasteiger partial charge in [0, 0.05) is 37.8 Å². The maximum Gasteiger partial charge on any atom is 0.263 e. The standard InChI is InChI=1S/C19H25N5O3/c1-13-11-14(2)24(12-15-5-3-10-27-15)18(26)16(13)17(25)20-8-9-23-19-21-6-4-7-22-19/h4,6-7,11,15H,3,5,8-10,12H2,1-2H3,(H,20,25)(H,21,22,23)/t15-/m1/s1. The summed E-state index contributed by atoms with van der Waals surface area (Å²) in [5.41, 5.74) is 1.44. The SMILES string of the molecule is Cc1cc(C)n(C[C@H]2CCCO2)c(=O)c1C(=O)NCCNc1ncccn1. The zero-order chi connectivity index (χ0) is 19.2. The fraction of sp³-hybridized carbons (Fsp3) is 0.474. The molecule has 1 aliphatic heterocycles. The van der Waals surface area contributed by atoms with Crippen molar-refractivity contribution in [3.05, 3.63) is 51.7 Å². The predicted octanol–water partition coefficient (Wildman–Crippen LogP) is 1.28. The lowest BCUT2D eigenvalue weighted by Crippen LogP contribution is -2.38. The minimum absolute atomic E-state index is 0.0371. The first-order chi connectivity index (χ1) is 13.1. The Kier molecular flexibility index (Phi) is 6.18. The Morgan fingerprint density at radius 1 is 1.30 bits per heavy atom. The van der Waals surface area contributed by atoms with Gasteiger partial charge in [0.2, 0.25) is 5.95 Å². The van der Waals surface area contributed by atoms with Gasteiger partial charge in [0.1, 0.15) is 5.56 Å². The van der Waals surface area contributed by atoms with Gasteiger partial charge in [0.25, 0.3) is 11.5 Å². The third kappa shape index (κ3) is 4.71. The molecule has 2 N–H and O–H groups in total. The normalized spacial score (nSPS) is 16.3. The predicted molar refractivity (Wildman–Crippen MR) is 102 cm³/mol. The molecule has 0 spiro atoms. The van der Waals surface area contributed by atoms with Crippen molar-refractivity contribution < 1.29 is 9.53 Å². The van der Waals surface area contributed by atoms with E-state index in [0.717, 1.165) is 25.1 Å². The molecule has 1 atom stereocenters. The summed E-state index contributed by atoms with van der Waals surface area (Å²) in [5, 5.41) is 5.80. The first-order valence-electron chi connectivity index (χ1n) is 9.18. The van der Waals surface area contributed by atoms with E-state index in [-0.39, 0.29) is 23.1 Å². The molecule has 8 heteroatoms. The molecule has 3 rings (SSSR count). The van der Waals surface area contributed by atoms with Gasteiger partial charge in [-0.25, -0.2) is 9.97 Å². The molecule has 1 amide bonds. The van der Waals surface area contributed by atoms with Crippen molar-refractivity contribution in [2.24, 2.45) is 0 Å². The van der Waals surface area contributed by atoms with E-state index in [9.17, 15) is 9.59 Å². The lowest BCUT2D eigenvalue weighted by atomic mass is 10.1. The van der Waals surface area contributed by atoms with E-state index in [0.29, 0.717) is 31.1 Å². The van der Waals surface area contributed by atoms with Crippen LogP contribution in [-0.2, 0) is 11.3 Å². The highest BCUT2D eigenvalue weighted by Gasteiger charge is 2.21. The van der Waals surface area contributed by atoms with Crippen molar-refractivity contribution >= 4 is 11.9 Å². The molecule has 2 aromatic rings. The topological polar surface area (TPSA) is 98.1 Å². The van der Waals surface area contributed by atoms with Crippen molar-refractivity contribution in [2.75, 3.05) is 25.0 Å². The molecule has 1 saturated heterocycles. The highest BCUT2D eigenvalue weighted by Crippen LogP contribution is 2.15. The van der Waals surface area contributed by atoms with Crippen LogP contribution < -0.4 is 16.2 Å². The first-order valence-corrected chi connectivity index (χ1v) is 9.18. The molecular weight excluding hydrogens is 346 g/mol. The maximum absolute atomic E-state index is 12.9. The number of nitrogens with one attached hydrogen (secondary N) is 2. The van der Waals surface area contributed by atoms with E-state index in [1.807, 2.05) is 13.0 Å². The number of amides is 1. The van der Waals surface area contributed by atoms with Crippen LogP contribution in [-0.4, -0.2) is 46.2 Å². The number of anilines is 1. The van der Waals surface area contributed by atoms with Crippen LogP contribution in [0.2, 0.25) is 0 Å². The van der Waals surface area contributed by atoms with Gasteiger partial charge in [0.05, 0.1) is 12.6 Å². The Labute approximate surface area is 158 Å². The molecular formula is C19H25N5O3. The van der Waals surface area contributed by atoms with Crippen LogP contribution in [0.4, 0.5) is 5.95 Å². The number of aryl methyl sites for hydroxylation is 2. The first kappa shape index (κ1) is 19.0. The summed E-state index contributed by atoms with van der Waals surface area (Å²) >= 11 is 0. The number of hydrogen-bond donors (Lipinski definition) is 2. The van der Waals surface area contributed by atoms with Crippen LogP contribution >= 0.6 is 0 Å². The summed E-state index contributed by atoms with van der Waals surface area (Å²) in [6, 6.07) is 3.61. The van der Waals surface area contributed by atoms with Gasteiger partial charge in [-0.15, -0.1) is 0 Å². The average molecular weight is 371 g/mol. The molecule has 0 aliphatic carbocycles. The van der Waals surface area contributed by atoms with Gasteiger partial charge in [-0.2, -0.15) is 0 Å². The van der Waals surface area contributed by atoms with Gasteiger partial charge >= 0.3 is 0 Å². The number of aromatic nitrogens is 3. The molecule has 0 bridgehead atoms. The van der Waals surface area contributed by atoms with Crippen LogP contribution in [0.15, 0.2) is 29.3 Å². The fourth-order valence-corrected chi connectivity index (χ4v) is 3.25. The zero-order valence-electron chi connectivity index (χ0n) is 15.7. The molecule has 1 aliphatic rings. The van der Waals surface area contributed by atoms with Gasteiger partial charge in [0.15, 0.2) is 0 Å². The minimum atomic E-state index is -0.366. The number of pyridine rings is 1. The van der Waals surface area contributed by atoms with Crippen molar-refractivity contribution in [3.8, 4) is 0 Å². The zero-order valence-corrected chi connectivity index (χ0v) is 15.7. The summed E-state index contributed by atoms with van der Waals surface area (Å²) in [6.45, 7) is 5.71. The summed E-state index contributed by atoms with van der Waals surface area (Å²) in [4.78, 5) is 33.6. The molecule has 0 saturated carbocycles. The number of hydrogen-bond acceptors (Lipinski definition) is 6. The van der Waals surface area contributed by atoms with Crippen molar-refractivity contribution in [1.29, 1.82) is 0 Å². The highest BCUT2D eigenvalue weighted by molar-refractivity contribution is 5.95. The number of rotatable bonds is 7. The van der Waals surface area contributed by atoms with Crippen LogP contribution in [0, 0.1) is 13.8 Å². The van der Waals surface area contributed by atoms with E-state index in [1.165, 1.54) is 0 Å². The van der Waals surface area contributed by atoms with Crippen molar-refractivity contribution in [2.45, 2.75) is 39.3 Å². The molecule has 0 aromatic carbocycles. The molecule has 0 radical (unpaired) electrons. The summed E-state index contributed by atoms with van der Waals surface area (Å²) in [5.74, 6) is 0.131. The Hall–Kier alpha value is -2.74. The second-order valence-electron chi connectivity index (χ2n) is 6.65. The lowest BCUT2D eigenvalue weighted by molar-refractivity contribution is 0.0928. The van der Waals surface area contributed by atoms with Crippen LogP contribution in [0.3, 0.4) is 0 Å². The Morgan fingerprint density at radius 2 is 2.07 bits per heavy atom. The van der Waals surface area contributed by atoms with Crippen molar-refractivity contribution in [3.63, 3.8) is 0 Å². The third-order valence-electron chi connectivity index (χ3n) is 4.60. The molecule has 1 fully saturated rings. The minimum Gasteiger partial charge on any atom is -0.376 e. The molecule has 0 unspecified atom stereocenters. The van der Waals surface area contributed by atoms with Gasteiger partial charge < -0.3 is 19.9 Å². The second kappa shape index (κ2) is 8.77. The van der Waals surface area contributed by atoms with E-state index in [2.05, 4.69) is 20.6 Å². The lowest BCUT2D eigenvalue weighted by Gasteiger charge is -2.17. The summed E-state index contributed by atoms with van der Waals surface area (Å²) in [7, 11) is 0. The Morgan fingerprint density at radius 3 is 2.78 bits per heavy atom. The monoisotopic (exact) mass is 371 g/mol. The van der Waals surface area contributed by atoms with E-state index in [1.54, 1.807) is 30.0 Å². The van der Waals surface area contributed by atoms with Crippen LogP contribution in [0.5, 0.6) is 0 Å². The van der Waals surface area contributed by atoms with Gasteiger partial charge in [-0.05, 0) is 44.4 Å². The van der Waals surface area contributed by atoms with E-state index < -0.39 is 0 Å². The van der Waals surface area contributed by atoms with E-state index in [4.69, 9.17) is 4.74 Å². The number of carbonyl (C=O) groups excluding carboxylic acids is 1. The maximum atomic E-state index is 12.9. The number of nitrogens with zero attached hydrogens (tertiary/aromatic N) is 3. The van der Waals surface area contributed by atoms with Gasteiger partial charge in [-0.3, -0.25) is 9.59 Å². The smallest absolute Gasteiger partial charge is 0.263 e. The molecule has 27 heavy (non-hydrogen) atoms. The van der Waals surface area contributed by atoms with Crippen LogP contribution in [0.1, 0.15) is 34.5 Å². The molecule has 8 nitrogen and oxygen atoms in total.